The van der Waals surface area contributed by atoms with E-state index in [1.165, 1.54) is 17.9 Å². The van der Waals surface area contributed by atoms with Crippen LogP contribution in [-0.4, -0.2) is 137 Å². The summed E-state index contributed by atoms with van der Waals surface area (Å²) in [5, 5.41) is 15.2. The Morgan fingerprint density at radius 3 is 1.66 bits per heavy atom. The number of hydrogen-bond donors (Lipinski definition) is 6. The van der Waals surface area contributed by atoms with E-state index in [9.17, 15) is 52.7 Å². The van der Waals surface area contributed by atoms with Gasteiger partial charge < -0.3 is 51.0 Å². The third-order valence-electron chi connectivity index (χ3n) is 9.95. The predicted molar refractivity (Wildman–Crippen MR) is 244 cm³/mol. The molecule has 0 aromatic heterocycles. The lowest BCUT2D eigenvalue weighted by atomic mass is 9.98. The summed E-state index contributed by atoms with van der Waals surface area (Å²) in [7, 11) is 0. The molecule has 1 heterocycles. The highest BCUT2D eigenvalue weighted by Gasteiger charge is 2.41. The summed E-state index contributed by atoms with van der Waals surface area (Å²) in [5.74, 6) is -9.71. The molecule has 1 aliphatic rings. The topological polar surface area (TPSA) is 291 Å². The molecule has 1 rings (SSSR count). The van der Waals surface area contributed by atoms with Gasteiger partial charge in [0, 0.05) is 26.3 Å². The molecular weight excluding hydrogens is 875 g/mol. The van der Waals surface area contributed by atoms with Gasteiger partial charge in [0.25, 0.3) is 5.91 Å². The van der Waals surface area contributed by atoms with Gasteiger partial charge in [-0.3, -0.25) is 52.7 Å². The molecule has 67 heavy (non-hydrogen) atoms. The summed E-state index contributed by atoms with van der Waals surface area (Å²) in [4.78, 5) is 146. The van der Waals surface area contributed by atoms with Crippen molar-refractivity contribution in [2.24, 2.45) is 11.8 Å². The second kappa shape index (κ2) is 27.7. The molecule has 0 radical (unpaired) electrons. The molecule has 0 aliphatic carbocycles. The van der Waals surface area contributed by atoms with Gasteiger partial charge in [0.1, 0.15) is 54.6 Å². The first-order chi connectivity index (χ1) is 31.0. The lowest BCUT2D eigenvalue weighted by Gasteiger charge is -2.33. The van der Waals surface area contributed by atoms with E-state index in [-0.39, 0.29) is 51.7 Å². The maximum atomic E-state index is 14.2. The first-order valence-electron chi connectivity index (χ1n) is 22.8. The SMILES string of the molecule is C=CCOC(=O)CNC(=O)C(=O)C(CCC)NC(=O)C1CCCN1C(=O)C(NC(=O)C(NC(=O)C(CCC(=O)OC(C)(C)C)NC(=O)C(CCC(=O)OC(C)(C)C)NC(C)=O)C(C)C)C(C)C. The molecule has 1 aliphatic heterocycles. The van der Waals surface area contributed by atoms with Gasteiger partial charge >= 0.3 is 17.9 Å². The average molecular weight is 950 g/mol. The van der Waals surface area contributed by atoms with Crippen molar-refractivity contribution in [3.05, 3.63) is 12.7 Å². The number of ether oxygens (including phenoxy) is 3. The lowest BCUT2D eigenvalue weighted by Crippen LogP contribution is -2.61. The Hall–Kier alpha value is -5.89. The van der Waals surface area contributed by atoms with Crippen LogP contribution in [0.5, 0.6) is 0 Å². The van der Waals surface area contributed by atoms with E-state index in [4.69, 9.17) is 14.2 Å². The van der Waals surface area contributed by atoms with E-state index >= 15 is 0 Å². The molecule has 21 nitrogen and oxygen atoms in total. The van der Waals surface area contributed by atoms with Gasteiger partial charge in [0.15, 0.2) is 0 Å². The van der Waals surface area contributed by atoms with Crippen molar-refractivity contribution in [1.82, 2.24) is 36.8 Å². The maximum Gasteiger partial charge on any atom is 0.325 e. The Morgan fingerprint density at radius 1 is 0.672 bits per heavy atom. The second-order valence-corrected chi connectivity index (χ2v) is 19.1. The summed E-state index contributed by atoms with van der Waals surface area (Å²) < 4.78 is 15.5. The van der Waals surface area contributed by atoms with Crippen LogP contribution in [0.3, 0.4) is 0 Å². The number of amides is 7. The van der Waals surface area contributed by atoms with E-state index < -0.39 is 131 Å². The van der Waals surface area contributed by atoms with Gasteiger partial charge in [0.05, 0.1) is 6.04 Å². The number of carbonyl (C=O) groups is 11. The van der Waals surface area contributed by atoms with Crippen molar-refractivity contribution < 1.29 is 67.0 Å². The molecule has 0 bridgehead atoms. The molecule has 7 amide bonds. The summed E-state index contributed by atoms with van der Waals surface area (Å²) in [5.41, 5.74) is -1.67. The zero-order valence-corrected chi connectivity index (χ0v) is 41.3. The minimum Gasteiger partial charge on any atom is -0.460 e. The predicted octanol–water partition coefficient (Wildman–Crippen LogP) is 1.19. The highest BCUT2D eigenvalue weighted by molar-refractivity contribution is 6.38. The van der Waals surface area contributed by atoms with Gasteiger partial charge in [-0.15, -0.1) is 0 Å². The lowest BCUT2D eigenvalue weighted by molar-refractivity contribution is -0.156. The average Bonchev–Trinajstić information content (AvgIpc) is 3.71. The fourth-order valence-electron chi connectivity index (χ4n) is 6.82. The van der Waals surface area contributed by atoms with E-state index in [1.54, 1.807) is 76.2 Å². The van der Waals surface area contributed by atoms with Crippen LogP contribution in [0.2, 0.25) is 0 Å². The molecule has 0 spiro atoms. The third kappa shape index (κ3) is 22.0. The Morgan fingerprint density at radius 2 is 1.18 bits per heavy atom. The maximum absolute atomic E-state index is 14.2. The summed E-state index contributed by atoms with van der Waals surface area (Å²) >= 11 is 0. The van der Waals surface area contributed by atoms with Crippen LogP contribution in [0.1, 0.15) is 134 Å². The number of Topliss-reactive ketones (excluding diaryl/α,β-unsaturated/α-hetero) is 1. The van der Waals surface area contributed by atoms with Gasteiger partial charge in [-0.25, -0.2) is 0 Å². The third-order valence-corrected chi connectivity index (χ3v) is 9.95. The first-order valence-corrected chi connectivity index (χ1v) is 22.8. The fourth-order valence-corrected chi connectivity index (χ4v) is 6.82. The Kier molecular flexibility index (Phi) is 24.4. The molecule has 0 saturated carbocycles. The molecule has 0 aromatic carbocycles. The molecule has 6 N–H and O–H groups in total. The van der Waals surface area contributed by atoms with Crippen molar-refractivity contribution in [1.29, 1.82) is 0 Å². The molecular formula is C46H75N7O14. The number of rotatable bonds is 26. The molecule has 0 aromatic rings. The molecule has 6 unspecified atom stereocenters. The number of esters is 3. The molecule has 378 valence electrons. The smallest absolute Gasteiger partial charge is 0.325 e. The summed E-state index contributed by atoms with van der Waals surface area (Å²) in [6, 6.07) is -7.56. The van der Waals surface area contributed by atoms with Crippen LogP contribution in [-0.2, 0) is 67.0 Å². The molecule has 6 atom stereocenters. The molecule has 21 heteroatoms. The number of nitrogens with one attached hydrogen (secondary N) is 6. The summed E-state index contributed by atoms with van der Waals surface area (Å²) in [6.45, 7) is 22.4. The number of likely N-dealkylation sites (tertiary alicyclic amines) is 1. The first kappa shape index (κ1) is 59.1. The van der Waals surface area contributed by atoms with Crippen LogP contribution < -0.4 is 31.9 Å². The standard InChI is InChI=1S/C46H75N7O14/c1-14-17-29(38(58)43(63)47-25-35(57)65-24-15-2)49-41(61)32-18-16-23-53(32)44(64)37(27(5)6)52-42(62)36(26(3)4)51-40(60)31(20-22-34(56)67-46(11,12)13)50-39(59)30(48-28(7)54)19-21-33(55)66-45(8,9)10/h15,26-27,29-32,36-37H,2,14,16-25H2,1,3-13H3,(H,47,63)(H,48,54)(H,49,61)(H,50,59)(H,51,60)(H,52,62). The van der Waals surface area contributed by atoms with Crippen molar-refractivity contribution in [2.45, 2.75) is 182 Å². The van der Waals surface area contributed by atoms with E-state index in [2.05, 4.69) is 38.5 Å². The highest BCUT2D eigenvalue weighted by Crippen LogP contribution is 2.22. The monoisotopic (exact) mass is 950 g/mol. The molecule has 1 fully saturated rings. The number of carbonyl (C=O) groups excluding carboxylic acids is 11. The fraction of sp³-hybridized carbons (Fsp3) is 0.717. The minimum absolute atomic E-state index is 0.0854. The number of hydrogen-bond acceptors (Lipinski definition) is 14. The zero-order chi connectivity index (χ0) is 51.4. The van der Waals surface area contributed by atoms with Crippen molar-refractivity contribution in [3.8, 4) is 0 Å². The number of nitrogens with zero attached hydrogens (tertiary/aromatic N) is 1. The van der Waals surface area contributed by atoms with E-state index in [0.29, 0.717) is 12.8 Å². The van der Waals surface area contributed by atoms with Crippen LogP contribution in [0.4, 0.5) is 0 Å². The normalized spacial score (nSPS) is 16.0. The Balaban J connectivity index is 3.33. The van der Waals surface area contributed by atoms with Crippen LogP contribution in [0, 0.1) is 11.8 Å². The second-order valence-electron chi connectivity index (χ2n) is 19.1. The Labute approximate surface area is 394 Å². The quantitative estimate of drug-likeness (QED) is 0.0308. The number of ketones is 1. The van der Waals surface area contributed by atoms with Gasteiger partial charge in [-0.1, -0.05) is 53.7 Å². The van der Waals surface area contributed by atoms with Crippen LogP contribution in [0.15, 0.2) is 12.7 Å². The van der Waals surface area contributed by atoms with Crippen LogP contribution in [0.25, 0.3) is 0 Å². The van der Waals surface area contributed by atoms with Crippen molar-refractivity contribution in [2.75, 3.05) is 19.7 Å². The van der Waals surface area contributed by atoms with E-state index in [0.717, 1.165) is 0 Å². The van der Waals surface area contributed by atoms with E-state index in [1.807, 2.05) is 0 Å². The van der Waals surface area contributed by atoms with Crippen molar-refractivity contribution in [3.63, 3.8) is 0 Å². The largest absolute Gasteiger partial charge is 0.460 e. The van der Waals surface area contributed by atoms with Gasteiger partial charge in [0.2, 0.25) is 41.2 Å². The van der Waals surface area contributed by atoms with Gasteiger partial charge in [-0.05, 0) is 85.5 Å². The van der Waals surface area contributed by atoms with Gasteiger partial charge in [-0.2, -0.15) is 0 Å². The summed E-state index contributed by atoms with van der Waals surface area (Å²) in [6.07, 6.45) is 1.38. The molecule has 1 saturated heterocycles. The Bertz CT molecular complexity index is 1800. The zero-order valence-electron chi connectivity index (χ0n) is 41.3. The van der Waals surface area contributed by atoms with Crippen LogP contribution >= 0.6 is 0 Å². The highest BCUT2D eigenvalue weighted by atomic mass is 16.6. The van der Waals surface area contributed by atoms with Crippen molar-refractivity contribution >= 4 is 65.0 Å². The minimum atomic E-state index is -1.45.